The Hall–Kier alpha value is -3.96. The average Bonchev–Trinajstić information content (AvgIpc) is 4.05. The summed E-state index contributed by atoms with van der Waals surface area (Å²) in [4.78, 5) is 76.3. The van der Waals surface area contributed by atoms with E-state index in [0.29, 0.717) is 43.4 Å². The van der Waals surface area contributed by atoms with Crippen molar-refractivity contribution in [1.82, 2.24) is 20.9 Å². The van der Waals surface area contributed by atoms with Gasteiger partial charge in [-0.1, -0.05) is 58.5 Å². The molecular formula is C42H61N5O7. The van der Waals surface area contributed by atoms with Crippen LogP contribution in [0.2, 0.25) is 0 Å². The van der Waals surface area contributed by atoms with Gasteiger partial charge in [-0.25, -0.2) is 0 Å². The second-order valence-corrected chi connectivity index (χ2v) is 17.9. The number of likely N-dealkylation sites (tertiary alicyclic amines) is 1. The predicted octanol–water partition coefficient (Wildman–Crippen LogP) is 5.19. The lowest BCUT2D eigenvalue weighted by Crippen LogP contribution is -2.59. The predicted molar refractivity (Wildman–Crippen MR) is 205 cm³/mol. The normalized spacial score (nSPS) is 24.0. The minimum Gasteiger partial charge on any atom is -0.493 e. The van der Waals surface area contributed by atoms with Gasteiger partial charge in [0.2, 0.25) is 23.5 Å². The summed E-state index contributed by atoms with van der Waals surface area (Å²) in [5.74, 6) is -0.672. The third-order valence-corrected chi connectivity index (χ3v) is 11.7. The highest BCUT2D eigenvalue weighted by Crippen LogP contribution is 2.41. The van der Waals surface area contributed by atoms with Crippen LogP contribution in [0.4, 0.5) is 0 Å². The van der Waals surface area contributed by atoms with Gasteiger partial charge in [0.25, 0.3) is 5.91 Å². The molecule has 1 spiro atoms. The summed E-state index contributed by atoms with van der Waals surface area (Å²) < 4.78 is 6.17. The highest BCUT2D eigenvalue weighted by atomic mass is 16.7. The van der Waals surface area contributed by atoms with Gasteiger partial charge in [0.1, 0.15) is 17.8 Å². The van der Waals surface area contributed by atoms with Crippen molar-refractivity contribution in [3.05, 3.63) is 28.8 Å². The van der Waals surface area contributed by atoms with Crippen molar-refractivity contribution in [1.29, 1.82) is 0 Å². The molecule has 4 atom stereocenters. The number of benzene rings is 1. The SMILES string of the molecule is CCC[C@H](NC(=O)[C@@H]1C[C@]2(CC(c3cc(C)c(OCC4CC4)c(C)c3)=NO2)CN1C(=O)[C@@H](NC(=O)CC1CCCCC1)C(C)(C)C)C(=O)C(=O)NC1CC1. The van der Waals surface area contributed by atoms with Crippen LogP contribution >= 0.6 is 0 Å². The molecule has 1 saturated heterocycles. The summed E-state index contributed by atoms with van der Waals surface area (Å²) >= 11 is 0. The minimum atomic E-state index is -1.04. The number of oxime groups is 1. The average molecular weight is 748 g/mol. The fourth-order valence-electron chi connectivity index (χ4n) is 8.27. The summed E-state index contributed by atoms with van der Waals surface area (Å²) in [6.45, 7) is 12.4. The lowest BCUT2D eigenvalue weighted by Gasteiger charge is -2.36. The largest absolute Gasteiger partial charge is 0.493 e. The van der Waals surface area contributed by atoms with E-state index in [1.165, 1.54) is 24.2 Å². The van der Waals surface area contributed by atoms with E-state index >= 15 is 0 Å². The van der Waals surface area contributed by atoms with Crippen LogP contribution in [-0.2, 0) is 28.8 Å². The maximum Gasteiger partial charge on any atom is 0.289 e. The van der Waals surface area contributed by atoms with Gasteiger partial charge in [-0.05, 0) is 99.3 Å². The zero-order valence-corrected chi connectivity index (χ0v) is 33.2. The molecule has 12 heteroatoms. The Morgan fingerprint density at radius 1 is 0.963 bits per heavy atom. The van der Waals surface area contributed by atoms with Crippen LogP contribution in [-0.4, -0.2) is 82.9 Å². The van der Waals surface area contributed by atoms with Gasteiger partial charge < -0.3 is 30.4 Å². The lowest BCUT2D eigenvalue weighted by atomic mass is 9.84. The Balaban J connectivity index is 1.23. The third-order valence-electron chi connectivity index (χ3n) is 11.7. The number of amides is 4. The van der Waals surface area contributed by atoms with E-state index in [2.05, 4.69) is 21.1 Å². The first kappa shape index (κ1) is 39.7. The smallest absolute Gasteiger partial charge is 0.289 e. The number of ketones is 1. The first-order valence-electron chi connectivity index (χ1n) is 20.4. The molecule has 0 bridgehead atoms. The van der Waals surface area contributed by atoms with Crippen molar-refractivity contribution < 1.29 is 33.5 Å². The van der Waals surface area contributed by atoms with Gasteiger partial charge in [0, 0.05) is 30.9 Å². The summed E-state index contributed by atoms with van der Waals surface area (Å²) in [5, 5.41) is 13.2. The summed E-state index contributed by atoms with van der Waals surface area (Å²) in [7, 11) is 0. The number of aryl methyl sites for hydroxylation is 2. The van der Waals surface area contributed by atoms with Gasteiger partial charge in [-0.15, -0.1) is 0 Å². The molecule has 5 aliphatic rings. The lowest BCUT2D eigenvalue weighted by molar-refractivity contribution is -0.145. The van der Waals surface area contributed by atoms with Crippen molar-refractivity contribution in [3.63, 3.8) is 0 Å². The molecule has 12 nitrogen and oxygen atoms in total. The van der Waals surface area contributed by atoms with Crippen molar-refractivity contribution in [2.75, 3.05) is 13.2 Å². The minimum absolute atomic E-state index is 0.00218. The van der Waals surface area contributed by atoms with Crippen LogP contribution in [0.3, 0.4) is 0 Å². The van der Waals surface area contributed by atoms with Gasteiger partial charge >= 0.3 is 0 Å². The number of nitrogens with zero attached hydrogens (tertiary/aromatic N) is 2. The molecule has 0 aromatic heterocycles. The Bertz CT molecular complexity index is 1610. The molecular weight excluding hydrogens is 686 g/mol. The first-order chi connectivity index (χ1) is 25.7. The number of carbonyl (C=O) groups excluding carboxylic acids is 5. The maximum absolute atomic E-state index is 14.7. The zero-order valence-electron chi connectivity index (χ0n) is 33.2. The maximum atomic E-state index is 14.7. The second-order valence-electron chi connectivity index (χ2n) is 17.9. The van der Waals surface area contributed by atoms with Crippen molar-refractivity contribution in [2.24, 2.45) is 22.4 Å². The molecule has 2 heterocycles. The Morgan fingerprint density at radius 3 is 2.26 bits per heavy atom. The second kappa shape index (κ2) is 16.4. The number of Topliss-reactive ketones (excluding diaryl/α,β-unsaturated/α-hetero) is 1. The topological polar surface area (TPSA) is 156 Å². The molecule has 3 N–H and O–H groups in total. The number of carbonyl (C=O) groups is 5. The van der Waals surface area contributed by atoms with Crippen LogP contribution < -0.4 is 20.7 Å². The van der Waals surface area contributed by atoms with Crippen LogP contribution in [0.1, 0.15) is 134 Å². The number of hydrogen-bond acceptors (Lipinski definition) is 8. The zero-order chi connectivity index (χ0) is 38.8. The van der Waals surface area contributed by atoms with Gasteiger partial charge in [0.15, 0.2) is 5.60 Å². The third kappa shape index (κ3) is 9.63. The Labute approximate surface area is 320 Å². The number of ether oxygens (including phenoxy) is 1. The molecule has 4 amide bonds. The summed E-state index contributed by atoms with van der Waals surface area (Å²) in [5.41, 5.74) is 1.94. The molecule has 6 rings (SSSR count). The Morgan fingerprint density at radius 2 is 1.65 bits per heavy atom. The van der Waals surface area contributed by atoms with E-state index in [9.17, 15) is 24.0 Å². The molecule has 0 radical (unpaired) electrons. The van der Waals surface area contributed by atoms with Crippen LogP contribution in [0.25, 0.3) is 0 Å². The molecule has 296 valence electrons. The van der Waals surface area contributed by atoms with Crippen molar-refractivity contribution in [3.8, 4) is 5.75 Å². The van der Waals surface area contributed by atoms with E-state index in [4.69, 9.17) is 9.57 Å². The molecule has 2 aliphatic heterocycles. The molecule has 1 aromatic carbocycles. The molecule has 54 heavy (non-hydrogen) atoms. The van der Waals surface area contributed by atoms with Gasteiger partial charge in [-0.3, -0.25) is 24.0 Å². The fourth-order valence-corrected chi connectivity index (χ4v) is 8.27. The van der Waals surface area contributed by atoms with E-state index in [-0.39, 0.29) is 37.2 Å². The first-order valence-corrected chi connectivity index (χ1v) is 20.4. The molecule has 1 aromatic rings. The number of hydrogen-bond donors (Lipinski definition) is 3. The van der Waals surface area contributed by atoms with Crippen LogP contribution in [0.15, 0.2) is 17.3 Å². The van der Waals surface area contributed by atoms with Crippen LogP contribution in [0, 0.1) is 31.1 Å². The molecule has 0 unspecified atom stereocenters. The van der Waals surface area contributed by atoms with E-state index in [1.807, 2.05) is 53.7 Å². The van der Waals surface area contributed by atoms with Gasteiger partial charge in [-0.2, -0.15) is 0 Å². The van der Waals surface area contributed by atoms with Crippen molar-refractivity contribution >= 4 is 35.1 Å². The number of nitrogens with one attached hydrogen (secondary N) is 3. The van der Waals surface area contributed by atoms with E-state index in [1.54, 1.807) is 0 Å². The van der Waals surface area contributed by atoms with E-state index in [0.717, 1.165) is 61.0 Å². The van der Waals surface area contributed by atoms with Crippen LogP contribution in [0.5, 0.6) is 5.75 Å². The molecule has 3 aliphatic carbocycles. The van der Waals surface area contributed by atoms with Crippen molar-refractivity contribution in [2.45, 2.75) is 161 Å². The molecule has 3 saturated carbocycles. The fraction of sp³-hybridized carbons (Fsp3) is 0.714. The number of rotatable bonds is 15. The quantitative estimate of drug-likeness (QED) is 0.209. The highest BCUT2D eigenvalue weighted by Gasteiger charge is 2.56. The monoisotopic (exact) mass is 747 g/mol. The molecule has 4 fully saturated rings. The van der Waals surface area contributed by atoms with E-state index < -0.39 is 46.7 Å². The summed E-state index contributed by atoms with van der Waals surface area (Å²) in [6.07, 6.45) is 11.2. The Kier molecular flexibility index (Phi) is 12.1. The standard InChI is InChI=1S/C42H61N5O7/c1-7-11-31(35(49)39(51)43-30-16-17-30)44-38(50)33-22-42(21-32(46-54-42)29-18-25(2)36(26(3)19-29)53-23-28-14-15-28)24-47(33)40(52)37(41(4,5)6)45-34(48)20-27-12-9-8-10-13-27/h18-19,27-28,30-31,33,37H,7-17,20-24H2,1-6H3,(H,43,51)(H,44,50)(H,45,48)/t31-,33-,37+,42+/m0/s1. The highest BCUT2D eigenvalue weighted by molar-refractivity contribution is 6.38. The van der Waals surface area contributed by atoms with Gasteiger partial charge in [0.05, 0.1) is 24.9 Å². The summed E-state index contributed by atoms with van der Waals surface area (Å²) in [6, 6.07) is 1.12.